The Kier molecular flexibility index (Phi) is 5.44. The third-order valence-electron chi connectivity index (χ3n) is 4.56. The summed E-state index contributed by atoms with van der Waals surface area (Å²) < 4.78 is 32.8. The van der Waals surface area contributed by atoms with E-state index in [4.69, 9.17) is 4.74 Å². The molecule has 6 heteroatoms. The van der Waals surface area contributed by atoms with Gasteiger partial charge in [-0.1, -0.05) is 24.6 Å². The summed E-state index contributed by atoms with van der Waals surface area (Å²) in [6.45, 7) is 4.71. The molecule has 0 aromatic heterocycles. The molecule has 1 aliphatic rings. The van der Waals surface area contributed by atoms with Crippen LogP contribution in [0.25, 0.3) is 0 Å². The van der Waals surface area contributed by atoms with E-state index >= 15 is 0 Å². The second-order valence-corrected chi connectivity index (χ2v) is 8.56. The normalized spacial score (nSPS) is 15.6. The SMILES string of the molecule is Cc1cccc(OC(=O)c2ccc(C)c(S(=O)(=O)N3CCCCC3)c2)c1. The Morgan fingerprint density at radius 1 is 1.00 bits per heavy atom. The lowest BCUT2D eigenvalue weighted by Gasteiger charge is -2.26. The maximum absolute atomic E-state index is 13.0. The topological polar surface area (TPSA) is 63.7 Å². The van der Waals surface area contributed by atoms with Crippen LogP contribution in [0.3, 0.4) is 0 Å². The summed E-state index contributed by atoms with van der Waals surface area (Å²) >= 11 is 0. The van der Waals surface area contributed by atoms with Crippen molar-refractivity contribution in [2.24, 2.45) is 0 Å². The number of hydrogen-bond donors (Lipinski definition) is 0. The van der Waals surface area contributed by atoms with E-state index < -0.39 is 16.0 Å². The molecular formula is C20H23NO4S. The zero-order chi connectivity index (χ0) is 18.7. The monoisotopic (exact) mass is 373 g/mol. The fraction of sp³-hybridized carbons (Fsp3) is 0.350. The fourth-order valence-electron chi connectivity index (χ4n) is 3.09. The van der Waals surface area contributed by atoms with Crippen molar-refractivity contribution in [1.29, 1.82) is 0 Å². The van der Waals surface area contributed by atoms with E-state index in [9.17, 15) is 13.2 Å². The zero-order valence-corrected chi connectivity index (χ0v) is 15.9. The summed E-state index contributed by atoms with van der Waals surface area (Å²) in [4.78, 5) is 12.6. The van der Waals surface area contributed by atoms with E-state index in [-0.39, 0.29) is 10.5 Å². The molecule has 0 aliphatic carbocycles. The predicted octanol–water partition coefficient (Wildman–Crippen LogP) is 3.70. The van der Waals surface area contributed by atoms with Gasteiger partial charge in [0.05, 0.1) is 10.5 Å². The summed E-state index contributed by atoms with van der Waals surface area (Å²) in [7, 11) is -3.60. The highest BCUT2D eigenvalue weighted by molar-refractivity contribution is 7.89. The Hall–Kier alpha value is -2.18. The molecule has 2 aromatic carbocycles. The molecule has 5 nitrogen and oxygen atoms in total. The minimum Gasteiger partial charge on any atom is -0.423 e. The van der Waals surface area contributed by atoms with Gasteiger partial charge in [0.2, 0.25) is 10.0 Å². The number of carbonyl (C=O) groups excluding carboxylic acids is 1. The van der Waals surface area contributed by atoms with Gasteiger partial charge in [-0.05, 0) is 62.1 Å². The van der Waals surface area contributed by atoms with Crippen molar-refractivity contribution in [1.82, 2.24) is 4.31 Å². The largest absolute Gasteiger partial charge is 0.423 e. The molecule has 0 unspecified atom stereocenters. The first-order valence-electron chi connectivity index (χ1n) is 8.77. The third kappa shape index (κ3) is 3.97. The highest BCUT2D eigenvalue weighted by Crippen LogP contribution is 2.25. The van der Waals surface area contributed by atoms with Crippen LogP contribution in [0.4, 0.5) is 0 Å². The quantitative estimate of drug-likeness (QED) is 0.606. The van der Waals surface area contributed by atoms with Gasteiger partial charge < -0.3 is 4.74 Å². The lowest BCUT2D eigenvalue weighted by atomic mass is 10.1. The molecule has 1 aliphatic heterocycles. The summed E-state index contributed by atoms with van der Waals surface area (Å²) in [5.41, 5.74) is 1.84. The van der Waals surface area contributed by atoms with E-state index in [1.54, 1.807) is 37.3 Å². The second kappa shape index (κ2) is 7.60. The van der Waals surface area contributed by atoms with Crippen LogP contribution in [0.5, 0.6) is 5.75 Å². The van der Waals surface area contributed by atoms with Crippen molar-refractivity contribution in [2.75, 3.05) is 13.1 Å². The van der Waals surface area contributed by atoms with E-state index in [1.165, 1.54) is 10.4 Å². The highest BCUT2D eigenvalue weighted by atomic mass is 32.2. The van der Waals surface area contributed by atoms with Gasteiger partial charge in [-0.3, -0.25) is 0 Å². The molecule has 1 fully saturated rings. The van der Waals surface area contributed by atoms with Crippen LogP contribution >= 0.6 is 0 Å². The molecule has 0 bridgehead atoms. The summed E-state index contributed by atoms with van der Waals surface area (Å²) in [5, 5.41) is 0. The Morgan fingerprint density at radius 2 is 1.73 bits per heavy atom. The molecule has 26 heavy (non-hydrogen) atoms. The van der Waals surface area contributed by atoms with Crippen molar-refractivity contribution < 1.29 is 17.9 Å². The van der Waals surface area contributed by atoms with Crippen molar-refractivity contribution in [3.63, 3.8) is 0 Å². The number of piperidine rings is 1. The first-order chi connectivity index (χ1) is 12.4. The van der Waals surface area contributed by atoms with Crippen LogP contribution in [0.2, 0.25) is 0 Å². The van der Waals surface area contributed by atoms with Gasteiger partial charge in [-0.25, -0.2) is 13.2 Å². The lowest BCUT2D eigenvalue weighted by molar-refractivity contribution is 0.0734. The Balaban J connectivity index is 1.88. The number of carbonyl (C=O) groups is 1. The van der Waals surface area contributed by atoms with Gasteiger partial charge in [0, 0.05) is 13.1 Å². The highest BCUT2D eigenvalue weighted by Gasteiger charge is 2.28. The maximum atomic E-state index is 13.0. The van der Waals surface area contributed by atoms with E-state index in [2.05, 4.69) is 0 Å². The van der Waals surface area contributed by atoms with Crippen LogP contribution in [0.15, 0.2) is 47.4 Å². The number of aryl methyl sites for hydroxylation is 2. The van der Waals surface area contributed by atoms with Crippen LogP contribution < -0.4 is 4.74 Å². The van der Waals surface area contributed by atoms with Gasteiger partial charge in [0.1, 0.15) is 5.75 Å². The number of nitrogens with zero attached hydrogens (tertiary/aromatic N) is 1. The first-order valence-corrected chi connectivity index (χ1v) is 10.2. The fourth-order valence-corrected chi connectivity index (χ4v) is 4.86. The molecule has 0 radical (unpaired) electrons. The van der Waals surface area contributed by atoms with Gasteiger partial charge in [0.25, 0.3) is 0 Å². The molecule has 0 N–H and O–H groups in total. The summed E-state index contributed by atoms with van der Waals surface area (Å²) in [5.74, 6) is -0.123. The van der Waals surface area contributed by atoms with E-state index in [0.29, 0.717) is 24.4 Å². The minimum absolute atomic E-state index is 0.179. The van der Waals surface area contributed by atoms with Crippen molar-refractivity contribution in [2.45, 2.75) is 38.0 Å². The van der Waals surface area contributed by atoms with Crippen molar-refractivity contribution in [3.05, 3.63) is 59.2 Å². The third-order valence-corrected chi connectivity index (χ3v) is 6.60. The molecule has 0 atom stereocenters. The maximum Gasteiger partial charge on any atom is 0.343 e. The molecule has 1 saturated heterocycles. The second-order valence-electron chi connectivity index (χ2n) is 6.65. The average molecular weight is 373 g/mol. The molecule has 0 amide bonds. The Bertz CT molecular complexity index is 915. The van der Waals surface area contributed by atoms with Crippen LogP contribution in [-0.4, -0.2) is 31.8 Å². The molecule has 0 saturated carbocycles. The van der Waals surface area contributed by atoms with Crippen molar-refractivity contribution in [3.8, 4) is 5.75 Å². The standard InChI is InChI=1S/C20H23NO4S/c1-15-7-6-8-18(13-15)25-20(22)17-10-9-16(2)19(14-17)26(23,24)21-11-4-3-5-12-21/h6-10,13-14H,3-5,11-12H2,1-2H3. The Labute approximate surface area is 154 Å². The van der Waals surface area contributed by atoms with Gasteiger partial charge in [-0.2, -0.15) is 4.31 Å². The number of rotatable bonds is 4. The number of hydrogen-bond acceptors (Lipinski definition) is 4. The molecule has 138 valence electrons. The van der Waals surface area contributed by atoms with Gasteiger partial charge in [-0.15, -0.1) is 0 Å². The van der Waals surface area contributed by atoms with Crippen molar-refractivity contribution >= 4 is 16.0 Å². The van der Waals surface area contributed by atoms with Gasteiger partial charge in [0.15, 0.2) is 0 Å². The number of benzene rings is 2. The summed E-state index contributed by atoms with van der Waals surface area (Å²) in [6.07, 6.45) is 2.79. The van der Waals surface area contributed by atoms with E-state index in [1.807, 2.05) is 13.0 Å². The minimum atomic E-state index is -3.60. The molecule has 1 heterocycles. The molecule has 0 spiro atoms. The number of ether oxygens (including phenoxy) is 1. The van der Waals surface area contributed by atoms with Gasteiger partial charge >= 0.3 is 5.97 Å². The van der Waals surface area contributed by atoms with Crippen LogP contribution in [-0.2, 0) is 10.0 Å². The lowest BCUT2D eigenvalue weighted by Crippen LogP contribution is -2.36. The molecular weight excluding hydrogens is 350 g/mol. The van der Waals surface area contributed by atoms with Crippen LogP contribution in [0, 0.1) is 13.8 Å². The van der Waals surface area contributed by atoms with Crippen LogP contribution in [0.1, 0.15) is 40.7 Å². The first kappa shape index (κ1) is 18.6. The predicted molar refractivity (Wildman–Crippen MR) is 99.9 cm³/mol. The number of sulfonamides is 1. The smallest absolute Gasteiger partial charge is 0.343 e. The number of esters is 1. The Morgan fingerprint density at radius 3 is 2.42 bits per heavy atom. The molecule has 2 aromatic rings. The summed E-state index contributed by atoms with van der Waals surface area (Å²) in [6, 6.07) is 11.9. The molecule has 3 rings (SSSR count). The average Bonchev–Trinajstić information content (AvgIpc) is 2.62. The van der Waals surface area contributed by atoms with E-state index in [0.717, 1.165) is 24.8 Å². The zero-order valence-electron chi connectivity index (χ0n) is 15.1.